The van der Waals surface area contributed by atoms with Gasteiger partial charge in [0.25, 0.3) is 15.9 Å². The highest BCUT2D eigenvalue weighted by Gasteiger charge is 2.16. The summed E-state index contributed by atoms with van der Waals surface area (Å²) in [5, 5.41) is 11.7. The minimum atomic E-state index is -3.92. The smallest absolute Gasteiger partial charge is 0.261 e. The Labute approximate surface area is 139 Å². The normalized spacial score (nSPS) is 12.5. The molecule has 2 aromatic rings. The Morgan fingerprint density at radius 1 is 1.21 bits per heavy atom. The van der Waals surface area contributed by atoms with E-state index in [9.17, 15) is 17.6 Å². The van der Waals surface area contributed by atoms with Crippen LogP contribution in [-0.2, 0) is 10.0 Å². The number of carbonyl (C=O) groups is 1. The molecular weight excluding hydrogens is 335 g/mol. The molecule has 0 spiro atoms. The van der Waals surface area contributed by atoms with Crippen LogP contribution in [0.5, 0.6) is 0 Å². The second-order valence-corrected chi connectivity index (χ2v) is 6.88. The standard InChI is InChI=1S/C16H17FN2O4S/c1-11(20)10-18-16(21)12-3-2-4-15(9-12)24(22,23)19-14-7-5-13(17)6-8-14/h2-9,11,19-20H,10H2,1H3,(H,18,21). The third kappa shape index (κ3) is 4.77. The minimum absolute atomic E-state index is 0.0592. The second-order valence-electron chi connectivity index (χ2n) is 5.20. The van der Waals surface area contributed by atoms with Crippen molar-refractivity contribution in [1.82, 2.24) is 5.32 Å². The summed E-state index contributed by atoms with van der Waals surface area (Å²) >= 11 is 0. The summed E-state index contributed by atoms with van der Waals surface area (Å²) < 4.78 is 39.9. The van der Waals surface area contributed by atoms with Gasteiger partial charge in [-0.2, -0.15) is 0 Å². The van der Waals surface area contributed by atoms with Gasteiger partial charge in [0.2, 0.25) is 0 Å². The van der Waals surface area contributed by atoms with Crippen molar-refractivity contribution in [1.29, 1.82) is 0 Å². The molecule has 0 radical (unpaired) electrons. The summed E-state index contributed by atoms with van der Waals surface area (Å²) in [6, 6.07) is 10.3. The highest BCUT2D eigenvalue weighted by molar-refractivity contribution is 7.92. The molecule has 24 heavy (non-hydrogen) atoms. The summed E-state index contributed by atoms with van der Waals surface area (Å²) in [6.45, 7) is 1.58. The van der Waals surface area contributed by atoms with E-state index in [0.29, 0.717) is 0 Å². The number of amides is 1. The molecule has 6 nitrogen and oxygen atoms in total. The minimum Gasteiger partial charge on any atom is -0.392 e. The third-order valence-corrected chi connectivity index (χ3v) is 4.44. The molecular formula is C16H17FN2O4S. The van der Waals surface area contributed by atoms with Crippen LogP contribution in [0.15, 0.2) is 53.4 Å². The Hall–Kier alpha value is -2.45. The number of hydrogen-bond acceptors (Lipinski definition) is 4. The van der Waals surface area contributed by atoms with Crippen LogP contribution in [0.2, 0.25) is 0 Å². The molecule has 1 unspecified atom stereocenters. The number of benzene rings is 2. The lowest BCUT2D eigenvalue weighted by molar-refractivity contribution is 0.0924. The Balaban J connectivity index is 2.20. The first kappa shape index (κ1) is 17.9. The van der Waals surface area contributed by atoms with Gasteiger partial charge in [0, 0.05) is 17.8 Å². The molecule has 0 fully saturated rings. The van der Waals surface area contributed by atoms with E-state index in [4.69, 9.17) is 5.11 Å². The van der Waals surface area contributed by atoms with Crippen LogP contribution < -0.4 is 10.0 Å². The average Bonchev–Trinajstić information content (AvgIpc) is 2.54. The molecule has 128 valence electrons. The number of hydrogen-bond donors (Lipinski definition) is 3. The lowest BCUT2D eigenvalue weighted by Gasteiger charge is -2.10. The number of nitrogens with one attached hydrogen (secondary N) is 2. The first-order valence-corrected chi connectivity index (χ1v) is 8.61. The zero-order valence-electron chi connectivity index (χ0n) is 12.9. The van der Waals surface area contributed by atoms with E-state index in [1.165, 1.54) is 43.3 Å². The monoisotopic (exact) mass is 352 g/mol. The van der Waals surface area contributed by atoms with Crippen molar-refractivity contribution in [2.45, 2.75) is 17.9 Å². The molecule has 8 heteroatoms. The van der Waals surface area contributed by atoms with Crippen molar-refractivity contribution in [3.05, 3.63) is 59.9 Å². The van der Waals surface area contributed by atoms with Gasteiger partial charge in [-0.25, -0.2) is 12.8 Å². The maximum absolute atomic E-state index is 12.9. The van der Waals surface area contributed by atoms with Gasteiger partial charge in [-0.15, -0.1) is 0 Å². The van der Waals surface area contributed by atoms with Gasteiger partial charge in [-0.3, -0.25) is 9.52 Å². The van der Waals surface area contributed by atoms with Crippen LogP contribution in [0.3, 0.4) is 0 Å². The summed E-state index contributed by atoms with van der Waals surface area (Å²) in [6.07, 6.45) is -0.707. The molecule has 0 bridgehead atoms. The highest BCUT2D eigenvalue weighted by atomic mass is 32.2. The number of rotatable bonds is 6. The van der Waals surface area contributed by atoms with E-state index in [0.717, 1.165) is 12.1 Å². The molecule has 1 atom stereocenters. The number of sulfonamides is 1. The van der Waals surface area contributed by atoms with Gasteiger partial charge in [0.15, 0.2) is 0 Å². The molecule has 0 heterocycles. The van der Waals surface area contributed by atoms with Gasteiger partial charge in [-0.1, -0.05) is 6.07 Å². The van der Waals surface area contributed by atoms with Crippen LogP contribution in [-0.4, -0.2) is 32.1 Å². The molecule has 0 aromatic heterocycles. The number of aliphatic hydroxyl groups is 1. The Morgan fingerprint density at radius 3 is 2.50 bits per heavy atom. The SMILES string of the molecule is CC(O)CNC(=O)c1cccc(S(=O)(=O)Nc2ccc(F)cc2)c1. The summed E-state index contributed by atoms with van der Waals surface area (Å²) in [4.78, 5) is 11.8. The molecule has 0 saturated heterocycles. The average molecular weight is 352 g/mol. The maximum atomic E-state index is 12.9. The second kappa shape index (κ2) is 7.41. The fourth-order valence-electron chi connectivity index (χ4n) is 1.88. The molecule has 2 aromatic carbocycles. The van der Waals surface area contributed by atoms with Crippen LogP contribution in [0, 0.1) is 5.82 Å². The third-order valence-electron chi connectivity index (χ3n) is 3.06. The van der Waals surface area contributed by atoms with E-state index in [1.807, 2.05) is 0 Å². The van der Waals surface area contributed by atoms with Crippen molar-refractivity contribution in [3.63, 3.8) is 0 Å². The number of anilines is 1. The fourth-order valence-corrected chi connectivity index (χ4v) is 2.98. The lowest BCUT2D eigenvalue weighted by atomic mass is 10.2. The Bertz CT molecular complexity index is 820. The summed E-state index contributed by atoms with van der Waals surface area (Å²) in [5.41, 5.74) is 0.359. The van der Waals surface area contributed by atoms with Crippen molar-refractivity contribution in [2.24, 2.45) is 0 Å². The molecule has 0 saturated carbocycles. The number of aliphatic hydroxyl groups excluding tert-OH is 1. The van der Waals surface area contributed by atoms with Gasteiger partial charge in [-0.05, 0) is 49.4 Å². The van der Waals surface area contributed by atoms with Crippen molar-refractivity contribution in [3.8, 4) is 0 Å². The van der Waals surface area contributed by atoms with Crippen LogP contribution in [0.25, 0.3) is 0 Å². The number of carbonyl (C=O) groups excluding carboxylic acids is 1. The zero-order valence-corrected chi connectivity index (χ0v) is 13.7. The van der Waals surface area contributed by atoms with E-state index < -0.39 is 27.9 Å². The van der Waals surface area contributed by atoms with Crippen molar-refractivity contribution in [2.75, 3.05) is 11.3 Å². The summed E-state index contributed by atoms with van der Waals surface area (Å²) in [5.74, 6) is -0.968. The first-order chi connectivity index (χ1) is 11.3. The first-order valence-electron chi connectivity index (χ1n) is 7.12. The summed E-state index contributed by atoms with van der Waals surface area (Å²) in [7, 11) is -3.92. The molecule has 0 aliphatic rings. The largest absolute Gasteiger partial charge is 0.392 e. The molecule has 3 N–H and O–H groups in total. The van der Waals surface area contributed by atoms with E-state index in [1.54, 1.807) is 0 Å². The van der Waals surface area contributed by atoms with Gasteiger partial charge < -0.3 is 10.4 Å². The Kier molecular flexibility index (Phi) is 5.53. The molecule has 0 aliphatic heterocycles. The predicted molar refractivity (Wildman–Crippen MR) is 87.7 cm³/mol. The van der Waals surface area contributed by atoms with E-state index >= 15 is 0 Å². The topological polar surface area (TPSA) is 95.5 Å². The van der Waals surface area contributed by atoms with Crippen molar-refractivity contribution < 1.29 is 22.7 Å². The number of halogens is 1. The highest BCUT2D eigenvalue weighted by Crippen LogP contribution is 2.17. The van der Waals surface area contributed by atoms with E-state index in [2.05, 4.69) is 10.0 Å². The quantitative estimate of drug-likeness (QED) is 0.738. The Morgan fingerprint density at radius 2 is 1.88 bits per heavy atom. The fraction of sp³-hybridized carbons (Fsp3) is 0.188. The lowest BCUT2D eigenvalue weighted by Crippen LogP contribution is -2.30. The molecule has 2 rings (SSSR count). The van der Waals surface area contributed by atoms with Crippen molar-refractivity contribution >= 4 is 21.6 Å². The van der Waals surface area contributed by atoms with Crippen LogP contribution >= 0.6 is 0 Å². The van der Waals surface area contributed by atoms with Gasteiger partial charge >= 0.3 is 0 Å². The van der Waals surface area contributed by atoms with Gasteiger partial charge in [0.05, 0.1) is 11.0 Å². The van der Waals surface area contributed by atoms with E-state index in [-0.39, 0.29) is 22.7 Å². The zero-order chi connectivity index (χ0) is 17.7. The van der Waals surface area contributed by atoms with Crippen LogP contribution in [0.1, 0.15) is 17.3 Å². The molecule has 0 aliphatic carbocycles. The molecule has 1 amide bonds. The van der Waals surface area contributed by atoms with Gasteiger partial charge in [0.1, 0.15) is 5.82 Å². The maximum Gasteiger partial charge on any atom is 0.261 e. The van der Waals surface area contributed by atoms with Crippen LogP contribution in [0.4, 0.5) is 10.1 Å². The predicted octanol–water partition coefficient (Wildman–Crippen LogP) is 1.74.